The first-order valence-corrected chi connectivity index (χ1v) is 7.73. The van der Waals surface area contributed by atoms with Crippen molar-refractivity contribution in [1.29, 1.82) is 0 Å². The van der Waals surface area contributed by atoms with E-state index in [0.717, 1.165) is 12.8 Å². The molecular weight excluding hydrogens is 269 g/mol. The Bertz CT molecular complexity index is 520. The minimum Gasteiger partial charge on any atom is -0.399 e. The molecule has 114 valence electrons. The number of carbonyl (C=O) groups is 1. The Morgan fingerprint density at radius 3 is 2.48 bits per heavy atom. The van der Waals surface area contributed by atoms with E-state index in [2.05, 4.69) is 4.90 Å². The van der Waals surface area contributed by atoms with E-state index < -0.39 is 5.82 Å². The van der Waals surface area contributed by atoms with Crippen molar-refractivity contribution < 1.29 is 9.18 Å². The fourth-order valence-electron chi connectivity index (χ4n) is 3.42. The third kappa shape index (κ3) is 3.02. The summed E-state index contributed by atoms with van der Waals surface area (Å²) in [6.45, 7) is 3.77. The molecule has 3 rings (SSSR count). The van der Waals surface area contributed by atoms with Gasteiger partial charge in [0.25, 0.3) is 5.91 Å². The van der Waals surface area contributed by atoms with E-state index >= 15 is 0 Å². The van der Waals surface area contributed by atoms with Gasteiger partial charge in [-0.3, -0.25) is 4.79 Å². The van der Waals surface area contributed by atoms with Crippen LogP contribution in [0.5, 0.6) is 0 Å². The number of amides is 1. The van der Waals surface area contributed by atoms with Crippen LogP contribution in [0.3, 0.4) is 0 Å². The number of hydrogen-bond acceptors (Lipinski definition) is 3. The SMILES string of the molecule is Nc1ccc(F)c(C(=O)N2CCC(N3CCCC3)CC2)c1. The quantitative estimate of drug-likeness (QED) is 0.849. The Hall–Kier alpha value is -1.62. The summed E-state index contributed by atoms with van der Waals surface area (Å²) in [6, 6.07) is 4.76. The number of nitrogens with zero attached hydrogens (tertiary/aromatic N) is 2. The Kier molecular flexibility index (Phi) is 4.10. The van der Waals surface area contributed by atoms with Crippen LogP contribution >= 0.6 is 0 Å². The van der Waals surface area contributed by atoms with Crippen LogP contribution in [-0.4, -0.2) is 47.9 Å². The van der Waals surface area contributed by atoms with Gasteiger partial charge in [-0.2, -0.15) is 0 Å². The molecular formula is C16H22FN3O. The van der Waals surface area contributed by atoms with Crippen LogP contribution in [0.1, 0.15) is 36.0 Å². The average Bonchev–Trinajstić information content (AvgIpc) is 3.03. The van der Waals surface area contributed by atoms with E-state index in [-0.39, 0.29) is 11.5 Å². The summed E-state index contributed by atoms with van der Waals surface area (Å²) >= 11 is 0. The zero-order valence-corrected chi connectivity index (χ0v) is 12.2. The predicted octanol–water partition coefficient (Wildman–Crippen LogP) is 2.11. The summed E-state index contributed by atoms with van der Waals surface area (Å²) in [7, 11) is 0. The van der Waals surface area contributed by atoms with Gasteiger partial charge in [-0.1, -0.05) is 0 Å². The molecule has 0 atom stereocenters. The maximum absolute atomic E-state index is 13.8. The molecule has 2 aliphatic rings. The molecule has 5 heteroatoms. The lowest BCUT2D eigenvalue weighted by Crippen LogP contribution is -2.46. The molecule has 2 fully saturated rings. The molecule has 0 aliphatic carbocycles. The molecule has 2 heterocycles. The van der Waals surface area contributed by atoms with Crippen LogP contribution in [0.25, 0.3) is 0 Å². The van der Waals surface area contributed by atoms with Crippen molar-refractivity contribution in [1.82, 2.24) is 9.80 Å². The zero-order chi connectivity index (χ0) is 14.8. The average molecular weight is 291 g/mol. The van der Waals surface area contributed by atoms with E-state index in [0.29, 0.717) is 24.8 Å². The molecule has 2 N–H and O–H groups in total. The molecule has 21 heavy (non-hydrogen) atoms. The largest absolute Gasteiger partial charge is 0.399 e. The number of benzene rings is 1. The number of nitrogen functional groups attached to an aromatic ring is 1. The third-order valence-electron chi connectivity index (χ3n) is 4.63. The van der Waals surface area contributed by atoms with Crippen molar-refractivity contribution in [2.24, 2.45) is 0 Å². The second-order valence-corrected chi connectivity index (χ2v) is 6.01. The number of likely N-dealkylation sites (tertiary alicyclic amines) is 2. The summed E-state index contributed by atoms with van der Waals surface area (Å²) in [5, 5.41) is 0. The lowest BCUT2D eigenvalue weighted by Gasteiger charge is -2.36. The summed E-state index contributed by atoms with van der Waals surface area (Å²) in [5.74, 6) is -0.726. The monoisotopic (exact) mass is 291 g/mol. The molecule has 0 unspecified atom stereocenters. The van der Waals surface area contributed by atoms with Crippen molar-refractivity contribution in [3.63, 3.8) is 0 Å². The van der Waals surface area contributed by atoms with Gasteiger partial charge in [-0.25, -0.2) is 4.39 Å². The number of rotatable bonds is 2. The standard InChI is InChI=1S/C16H22FN3O/c17-15-4-3-12(18)11-14(15)16(21)20-9-5-13(6-10-20)19-7-1-2-8-19/h3-4,11,13H,1-2,5-10,18H2. The highest BCUT2D eigenvalue weighted by molar-refractivity contribution is 5.95. The summed E-state index contributed by atoms with van der Waals surface area (Å²) in [5.41, 5.74) is 6.17. The first-order valence-electron chi connectivity index (χ1n) is 7.73. The molecule has 1 amide bonds. The number of piperidine rings is 1. The van der Waals surface area contributed by atoms with E-state index in [1.807, 2.05) is 0 Å². The van der Waals surface area contributed by atoms with Crippen LogP contribution < -0.4 is 5.73 Å². The third-order valence-corrected chi connectivity index (χ3v) is 4.63. The topological polar surface area (TPSA) is 49.6 Å². The number of halogens is 1. The summed E-state index contributed by atoms with van der Waals surface area (Å²) < 4.78 is 13.8. The molecule has 0 aromatic heterocycles. The molecule has 1 aromatic rings. The van der Waals surface area contributed by atoms with Gasteiger partial charge < -0.3 is 15.5 Å². The molecule has 0 saturated carbocycles. The maximum atomic E-state index is 13.8. The second-order valence-electron chi connectivity index (χ2n) is 6.01. The Morgan fingerprint density at radius 2 is 1.81 bits per heavy atom. The molecule has 4 nitrogen and oxygen atoms in total. The Labute approximate surface area is 124 Å². The van der Waals surface area contributed by atoms with Crippen LogP contribution in [0, 0.1) is 5.82 Å². The molecule has 0 radical (unpaired) electrons. The lowest BCUT2D eigenvalue weighted by molar-refractivity contribution is 0.0640. The van der Waals surface area contributed by atoms with Gasteiger partial charge in [0.2, 0.25) is 0 Å². The summed E-state index contributed by atoms with van der Waals surface area (Å²) in [4.78, 5) is 16.7. The zero-order valence-electron chi connectivity index (χ0n) is 12.2. The van der Waals surface area contributed by atoms with Gasteiger partial charge in [-0.05, 0) is 57.0 Å². The molecule has 0 spiro atoms. The van der Waals surface area contributed by atoms with Gasteiger partial charge in [0.05, 0.1) is 5.56 Å². The van der Waals surface area contributed by atoms with Crippen LogP contribution in [0.4, 0.5) is 10.1 Å². The van der Waals surface area contributed by atoms with Crippen molar-refractivity contribution in [3.05, 3.63) is 29.6 Å². The van der Waals surface area contributed by atoms with Gasteiger partial charge >= 0.3 is 0 Å². The smallest absolute Gasteiger partial charge is 0.256 e. The maximum Gasteiger partial charge on any atom is 0.256 e. The lowest BCUT2D eigenvalue weighted by atomic mass is 10.0. The van der Waals surface area contributed by atoms with Gasteiger partial charge in [0.1, 0.15) is 5.82 Å². The van der Waals surface area contributed by atoms with Crippen LogP contribution in [0.15, 0.2) is 18.2 Å². The summed E-state index contributed by atoms with van der Waals surface area (Å²) in [6.07, 6.45) is 4.53. The normalized spacial score (nSPS) is 20.9. The van der Waals surface area contributed by atoms with Gasteiger partial charge in [-0.15, -0.1) is 0 Å². The number of anilines is 1. The minimum atomic E-state index is -0.490. The first kappa shape index (κ1) is 14.3. The van der Waals surface area contributed by atoms with E-state index in [4.69, 9.17) is 5.73 Å². The van der Waals surface area contributed by atoms with E-state index in [1.54, 1.807) is 4.90 Å². The Morgan fingerprint density at radius 1 is 1.14 bits per heavy atom. The second kappa shape index (κ2) is 6.02. The van der Waals surface area contributed by atoms with Crippen LogP contribution in [0.2, 0.25) is 0 Å². The Balaban J connectivity index is 1.63. The van der Waals surface area contributed by atoms with E-state index in [1.165, 1.54) is 44.1 Å². The molecule has 1 aromatic carbocycles. The van der Waals surface area contributed by atoms with Crippen molar-refractivity contribution in [2.75, 3.05) is 31.9 Å². The highest BCUT2D eigenvalue weighted by atomic mass is 19.1. The fraction of sp³-hybridized carbons (Fsp3) is 0.562. The van der Waals surface area contributed by atoms with E-state index in [9.17, 15) is 9.18 Å². The number of nitrogens with two attached hydrogens (primary N) is 1. The molecule has 2 saturated heterocycles. The predicted molar refractivity (Wildman–Crippen MR) is 80.5 cm³/mol. The fourth-order valence-corrected chi connectivity index (χ4v) is 3.42. The number of hydrogen-bond donors (Lipinski definition) is 1. The van der Waals surface area contributed by atoms with Crippen molar-refractivity contribution >= 4 is 11.6 Å². The number of carbonyl (C=O) groups excluding carboxylic acids is 1. The minimum absolute atomic E-state index is 0.0922. The van der Waals surface area contributed by atoms with Crippen molar-refractivity contribution in [2.45, 2.75) is 31.7 Å². The van der Waals surface area contributed by atoms with Crippen LogP contribution in [-0.2, 0) is 0 Å². The van der Waals surface area contributed by atoms with Crippen molar-refractivity contribution in [3.8, 4) is 0 Å². The molecule has 0 bridgehead atoms. The molecule has 2 aliphatic heterocycles. The van der Waals surface area contributed by atoms with Gasteiger partial charge in [0.15, 0.2) is 0 Å². The highest BCUT2D eigenvalue weighted by Gasteiger charge is 2.29. The van der Waals surface area contributed by atoms with Gasteiger partial charge in [0, 0.05) is 24.8 Å². The first-order chi connectivity index (χ1) is 10.1. The highest BCUT2D eigenvalue weighted by Crippen LogP contribution is 2.23.